The number of aryl methyl sites for hydroxylation is 1. The van der Waals surface area contributed by atoms with E-state index in [0.29, 0.717) is 5.69 Å². The van der Waals surface area contributed by atoms with Gasteiger partial charge in [0.15, 0.2) is 5.69 Å². The molecule has 0 bridgehead atoms. The Morgan fingerprint density at radius 3 is 2.56 bits per heavy atom. The first-order valence-electron chi connectivity index (χ1n) is 9.41. The number of fused-ring (bicyclic) bond motifs is 1. The van der Waals surface area contributed by atoms with Gasteiger partial charge in [0.25, 0.3) is 5.91 Å². The number of amides is 1. The first-order valence-corrected chi connectivity index (χ1v) is 9.41. The number of nitrogens with zero attached hydrogens (tertiary/aromatic N) is 3. The fourth-order valence-electron chi connectivity index (χ4n) is 4.31. The Bertz CT molecular complexity index is 644. The molecule has 1 aromatic heterocycles. The molecule has 0 unspecified atom stereocenters. The molecule has 2 atom stereocenters. The lowest BCUT2D eigenvalue weighted by molar-refractivity contribution is -0.00903. The third-order valence-electron chi connectivity index (χ3n) is 6.20. The van der Waals surface area contributed by atoms with Gasteiger partial charge >= 0.3 is 0 Å². The summed E-state index contributed by atoms with van der Waals surface area (Å²) in [5, 5.41) is 7.75. The van der Waals surface area contributed by atoms with Crippen molar-refractivity contribution in [2.75, 3.05) is 14.1 Å². The highest BCUT2D eigenvalue weighted by Crippen LogP contribution is 2.33. The Morgan fingerprint density at radius 2 is 1.96 bits per heavy atom. The van der Waals surface area contributed by atoms with Crippen molar-refractivity contribution in [1.29, 1.82) is 0 Å². The standard InChI is InChI=1S/C19H32N4O2/c1-12-11-15-16(21-23(6)17(15)13(2)25-12)18(24)20-14-7-9-19(3,10-8-14)22(4)5/h12-14H,7-11H2,1-6H3,(H,20,24)/t12-,13+,14?,19?/m1/s1. The molecule has 1 amide bonds. The van der Waals surface area contributed by atoms with Crippen molar-refractivity contribution < 1.29 is 9.53 Å². The van der Waals surface area contributed by atoms with Crippen molar-refractivity contribution >= 4 is 5.91 Å². The largest absolute Gasteiger partial charge is 0.369 e. The molecule has 0 aromatic carbocycles. The number of rotatable bonds is 3. The number of carbonyl (C=O) groups is 1. The molecule has 6 heteroatoms. The summed E-state index contributed by atoms with van der Waals surface area (Å²) < 4.78 is 7.69. The van der Waals surface area contributed by atoms with E-state index in [-0.39, 0.29) is 29.7 Å². The lowest BCUT2D eigenvalue weighted by Crippen LogP contribution is -2.48. The molecule has 2 heterocycles. The number of hydrogen-bond acceptors (Lipinski definition) is 4. The van der Waals surface area contributed by atoms with Crippen molar-refractivity contribution in [3.63, 3.8) is 0 Å². The Hall–Kier alpha value is -1.40. The van der Waals surface area contributed by atoms with E-state index in [1.807, 2.05) is 18.7 Å². The summed E-state index contributed by atoms with van der Waals surface area (Å²) in [7, 11) is 6.18. The maximum atomic E-state index is 12.9. The number of nitrogens with one attached hydrogen (secondary N) is 1. The molecule has 1 aromatic rings. The zero-order valence-corrected chi connectivity index (χ0v) is 16.4. The van der Waals surface area contributed by atoms with Gasteiger partial charge in [0.2, 0.25) is 0 Å². The van der Waals surface area contributed by atoms with Crippen LogP contribution >= 0.6 is 0 Å². The van der Waals surface area contributed by atoms with Gasteiger partial charge in [-0.3, -0.25) is 9.48 Å². The molecular formula is C19H32N4O2. The summed E-state index contributed by atoms with van der Waals surface area (Å²) in [6, 6.07) is 0.243. The molecule has 0 spiro atoms. The predicted molar refractivity (Wildman–Crippen MR) is 97.7 cm³/mol. The highest BCUT2D eigenvalue weighted by molar-refractivity contribution is 5.94. The first kappa shape index (κ1) is 18.4. The Labute approximate surface area is 150 Å². The van der Waals surface area contributed by atoms with E-state index in [0.717, 1.165) is 43.4 Å². The van der Waals surface area contributed by atoms with Crippen molar-refractivity contribution in [3.05, 3.63) is 17.0 Å². The van der Waals surface area contributed by atoms with Crippen LogP contribution < -0.4 is 5.32 Å². The van der Waals surface area contributed by atoms with Crippen molar-refractivity contribution in [1.82, 2.24) is 20.0 Å². The first-order chi connectivity index (χ1) is 11.7. The minimum Gasteiger partial charge on any atom is -0.369 e. The maximum Gasteiger partial charge on any atom is 0.272 e. The highest BCUT2D eigenvalue weighted by atomic mass is 16.5. The van der Waals surface area contributed by atoms with Crippen molar-refractivity contribution in [2.24, 2.45) is 7.05 Å². The lowest BCUT2D eigenvalue weighted by atomic mass is 9.80. The molecular weight excluding hydrogens is 316 g/mol. The maximum absolute atomic E-state index is 12.9. The molecule has 1 aliphatic heterocycles. The minimum absolute atomic E-state index is 0.0201. The third kappa shape index (κ3) is 3.47. The van der Waals surface area contributed by atoms with Crippen LogP contribution in [0.2, 0.25) is 0 Å². The van der Waals surface area contributed by atoms with Gasteiger partial charge in [-0.1, -0.05) is 0 Å². The van der Waals surface area contributed by atoms with Gasteiger partial charge in [-0.05, 0) is 60.5 Å². The molecule has 3 rings (SSSR count). The molecule has 6 nitrogen and oxygen atoms in total. The van der Waals surface area contributed by atoms with E-state index in [1.54, 1.807) is 0 Å². The highest BCUT2D eigenvalue weighted by Gasteiger charge is 2.35. The molecule has 1 aliphatic carbocycles. The molecule has 140 valence electrons. The van der Waals surface area contributed by atoms with Crippen LogP contribution in [0.3, 0.4) is 0 Å². The minimum atomic E-state index is -0.0309. The second-order valence-corrected chi connectivity index (χ2v) is 8.27. The average molecular weight is 348 g/mol. The molecule has 25 heavy (non-hydrogen) atoms. The van der Waals surface area contributed by atoms with Crippen LogP contribution in [0.4, 0.5) is 0 Å². The molecule has 0 radical (unpaired) electrons. The van der Waals surface area contributed by atoms with Crippen LogP contribution in [0.25, 0.3) is 0 Å². The molecule has 1 saturated carbocycles. The quantitative estimate of drug-likeness (QED) is 0.911. The van der Waals surface area contributed by atoms with Gasteiger partial charge < -0.3 is 15.0 Å². The lowest BCUT2D eigenvalue weighted by Gasteiger charge is -2.42. The van der Waals surface area contributed by atoms with Crippen LogP contribution in [-0.4, -0.2) is 52.4 Å². The van der Waals surface area contributed by atoms with E-state index in [1.165, 1.54) is 0 Å². The van der Waals surface area contributed by atoms with Crippen LogP contribution in [0.1, 0.15) is 74.3 Å². The summed E-state index contributed by atoms with van der Waals surface area (Å²) in [4.78, 5) is 15.2. The Kier molecular flexibility index (Phi) is 4.95. The topological polar surface area (TPSA) is 59.4 Å². The second kappa shape index (κ2) is 6.72. The molecule has 2 aliphatic rings. The fraction of sp³-hybridized carbons (Fsp3) is 0.789. The van der Waals surface area contributed by atoms with E-state index in [2.05, 4.69) is 43.3 Å². The Balaban J connectivity index is 1.70. The summed E-state index contributed by atoms with van der Waals surface area (Å²) in [6.07, 6.45) is 5.10. The van der Waals surface area contributed by atoms with Gasteiger partial charge in [-0.2, -0.15) is 5.10 Å². The van der Waals surface area contributed by atoms with Gasteiger partial charge in [-0.15, -0.1) is 0 Å². The fourth-order valence-corrected chi connectivity index (χ4v) is 4.31. The smallest absolute Gasteiger partial charge is 0.272 e. The van der Waals surface area contributed by atoms with E-state index in [9.17, 15) is 4.79 Å². The summed E-state index contributed by atoms with van der Waals surface area (Å²) in [6.45, 7) is 6.39. The van der Waals surface area contributed by atoms with E-state index in [4.69, 9.17) is 4.74 Å². The Morgan fingerprint density at radius 1 is 1.32 bits per heavy atom. The van der Waals surface area contributed by atoms with Crippen LogP contribution in [-0.2, 0) is 18.2 Å². The zero-order chi connectivity index (χ0) is 18.4. The molecule has 0 saturated heterocycles. The molecule has 1 fully saturated rings. The normalized spacial score (nSPS) is 32.5. The third-order valence-corrected chi connectivity index (χ3v) is 6.20. The summed E-state index contributed by atoms with van der Waals surface area (Å²) in [5.41, 5.74) is 2.92. The van der Waals surface area contributed by atoms with Crippen LogP contribution in [0.15, 0.2) is 0 Å². The van der Waals surface area contributed by atoms with Gasteiger partial charge in [0, 0.05) is 30.6 Å². The molecule has 1 N–H and O–H groups in total. The number of ether oxygens (including phenoxy) is 1. The monoisotopic (exact) mass is 348 g/mol. The van der Waals surface area contributed by atoms with Crippen molar-refractivity contribution in [3.8, 4) is 0 Å². The second-order valence-electron chi connectivity index (χ2n) is 8.27. The predicted octanol–water partition coefficient (Wildman–Crippen LogP) is 2.43. The van der Waals surface area contributed by atoms with Gasteiger partial charge in [-0.25, -0.2) is 0 Å². The van der Waals surface area contributed by atoms with Crippen LogP contribution in [0, 0.1) is 0 Å². The van der Waals surface area contributed by atoms with E-state index < -0.39 is 0 Å². The summed E-state index contributed by atoms with van der Waals surface area (Å²) in [5.74, 6) is -0.0309. The van der Waals surface area contributed by atoms with Gasteiger partial charge in [0.1, 0.15) is 0 Å². The van der Waals surface area contributed by atoms with E-state index >= 15 is 0 Å². The number of aromatic nitrogens is 2. The van der Waals surface area contributed by atoms with Crippen LogP contribution in [0.5, 0.6) is 0 Å². The van der Waals surface area contributed by atoms with Gasteiger partial charge in [0.05, 0.1) is 17.9 Å². The van der Waals surface area contributed by atoms with Crippen molar-refractivity contribution in [2.45, 2.75) is 76.7 Å². The number of hydrogen-bond donors (Lipinski definition) is 1. The SMILES string of the molecule is C[C@@H]1Cc2c(C(=O)NC3CCC(C)(N(C)C)CC3)nn(C)c2[C@H](C)O1. The zero-order valence-electron chi connectivity index (χ0n) is 16.4. The number of carbonyl (C=O) groups excluding carboxylic acids is 1. The summed E-state index contributed by atoms with van der Waals surface area (Å²) >= 11 is 0. The average Bonchev–Trinajstić information content (AvgIpc) is 2.86.